The van der Waals surface area contributed by atoms with Gasteiger partial charge < -0.3 is 4.90 Å². The summed E-state index contributed by atoms with van der Waals surface area (Å²) in [5.41, 5.74) is 1.72. The van der Waals surface area contributed by atoms with E-state index in [-0.39, 0.29) is 0 Å². The minimum Gasteiger partial charge on any atom is -0.306 e. The molecule has 0 aromatic rings. The lowest BCUT2D eigenvalue weighted by molar-refractivity contribution is 0.0127. The van der Waals surface area contributed by atoms with Crippen molar-refractivity contribution in [2.75, 3.05) is 20.1 Å². The van der Waals surface area contributed by atoms with Gasteiger partial charge >= 0.3 is 0 Å². The Morgan fingerprint density at radius 2 is 0.955 bits per heavy atom. The Morgan fingerprint density at radius 1 is 0.545 bits per heavy atom. The summed E-state index contributed by atoms with van der Waals surface area (Å²) in [7, 11) is 2.30. The molecule has 1 aliphatic heterocycles. The van der Waals surface area contributed by atoms with Gasteiger partial charge in [0.25, 0.3) is 0 Å². The third-order valence-corrected chi connectivity index (χ3v) is 7.41. The number of nitrogens with zero attached hydrogens (tertiary/aromatic N) is 1. The molecule has 1 aliphatic carbocycles. The fourth-order valence-electron chi connectivity index (χ4n) is 5.25. The van der Waals surface area contributed by atoms with Crippen LogP contribution in [-0.4, -0.2) is 25.0 Å². The molecule has 2 fully saturated rings. The van der Waals surface area contributed by atoms with Gasteiger partial charge in [0, 0.05) is 0 Å². The molecule has 1 saturated carbocycles. The maximum Gasteiger partial charge on any atom is -0.00216 e. The Balaban J connectivity index is 2.08. The lowest BCUT2D eigenvalue weighted by Gasteiger charge is -2.49. The Bertz CT molecular complexity index is 336. The normalized spacial score (nSPS) is 34.8. The van der Waals surface area contributed by atoms with Gasteiger partial charge in [-0.15, -0.1) is 0 Å². The van der Waals surface area contributed by atoms with Crippen molar-refractivity contribution in [1.82, 2.24) is 4.90 Å². The average Bonchev–Trinajstić information content (AvgIpc) is 2.47. The van der Waals surface area contributed by atoms with E-state index >= 15 is 0 Å². The molecule has 0 N–H and O–H groups in total. The molecule has 1 heteroatoms. The lowest BCUT2D eigenvalue weighted by atomic mass is 9.57. The fourth-order valence-corrected chi connectivity index (χ4v) is 5.25. The highest BCUT2D eigenvalue weighted by atomic mass is 15.1. The van der Waals surface area contributed by atoms with E-state index in [1.807, 2.05) is 0 Å². The van der Waals surface area contributed by atoms with Gasteiger partial charge in [0.15, 0.2) is 0 Å². The first-order valence-corrected chi connectivity index (χ1v) is 9.95. The molecule has 22 heavy (non-hydrogen) atoms. The molecule has 0 amide bonds. The predicted octanol–water partition coefficient (Wildman–Crippen LogP) is 6.28. The van der Waals surface area contributed by atoms with Crippen molar-refractivity contribution in [3.8, 4) is 0 Å². The van der Waals surface area contributed by atoms with E-state index in [1.54, 1.807) is 0 Å². The highest BCUT2D eigenvalue weighted by Gasteiger charge is 2.43. The first kappa shape index (κ1) is 18.3. The summed E-state index contributed by atoms with van der Waals surface area (Å²) in [6.45, 7) is 12.9. The average molecular weight is 308 g/mol. The van der Waals surface area contributed by atoms with Gasteiger partial charge in [0.1, 0.15) is 0 Å². The van der Waals surface area contributed by atoms with Crippen LogP contribution < -0.4 is 0 Å². The van der Waals surface area contributed by atoms with Gasteiger partial charge in [-0.2, -0.15) is 0 Å². The SMILES string of the molecule is CN1CCCC(C)(C2(C)CCCCC(C)(C)CCC2)CCC1. The van der Waals surface area contributed by atoms with Crippen LogP contribution in [0.5, 0.6) is 0 Å². The fraction of sp³-hybridized carbons (Fsp3) is 1.00. The highest BCUT2D eigenvalue weighted by molar-refractivity contribution is 4.94. The Labute approximate surface area is 140 Å². The zero-order valence-corrected chi connectivity index (χ0v) is 16.1. The summed E-state index contributed by atoms with van der Waals surface area (Å²) in [6.07, 6.45) is 15.8. The zero-order chi connectivity index (χ0) is 16.3. The molecule has 0 radical (unpaired) electrons. The molecule has 1 atom stereocenters. The van der Waals surface area contributed by atoms with Crippen LogP contribution in [0.25, 0.3) is 0 Å². The summed E-state index contributed by atoms with van der Waals surface area (Å²) in [5, 5.41) is 0. The van der Waals surface area contributed by atoms with Crippen molar-refractivity contribution in [3.05, 3.63) is 0 Å². The molecule has 1 saturated heterocycles. The second-order valence-corrected chi connectivity index (χ2v) is 9.86. The van der Waals surface area contributed by atoms with Gasteiger partial charge in [-0.25, -0.2) is 0 Å². The molecular formula is C21H41N. The van der Waals surface area contributed by atoms with Crippen LogP contribution in [0.2, 0.25) is 0 Å². The van der Waals surface area contributed by atoms with Gasteiger partial charge in [0.2, 0.25) is 0 Å². The third kappa shape index (κ3) is 4.49. The molecule has 1 unspecified atom stereocenters. The predicted molar refractivity (Wildman–Crippen MR) is 98.3 cm³/mol. The molecule has 0 spiro atoms. The maximum atomic E-state index is 2.65. The van der Waals surface area contributed by atoms with Crippen LogP contribution in [-0.2, 0) is 0 Å². The van der Waals surface area contributed by atoms with E-state index in [0.29, 0.717) is 16.2 Å². The second kappa shape index (κ2) is 7.24. The Kier molecular flexibility index (Phi) is 6.02. The minimum absolute atomic E-state index is 0.572. The van der Waals surface area contributed by atoms with Crippen LogP contribution in [0.1, 0.15) is 98.3 Å². The van der Waals surface area contributed by atoms with Crippen molar-refractivity contribution >= 4 is 0 Å². The zero-order valence-electron chi connectivity index (χ0n) is 16.1. The topological polar surface area (TPSA) is 3.24 Å². The number of likely N-dealkylation sites (tertiary alicyclic amines) is 1. The van der Waals surface area contributed by atoms with E-state index in [2.05, 4.69) is 39.6 Å². The minimum atomic E-state index is 0.572. The third-order valence-electron chi connectivity index (χ3n) is 7.41. The van der Waals surface area contributed by atoms with E-state index in [9.17, 15) is 0 Å². The van der Waals surface area contributed by atoms with E-state index in [1.165, 1.54) is 83.7 Å². The van der Waals surface area contributed by atoms with Crippen LogP contribution in [0.4, 0.5) is 0 Å². The quantitative estimate of drug-likeness (QED) is 0.551. The van der Waals surface area contributed by atoms with Crippen molar-refractivity contribution < 1.29 is 0 Å². The highest BCUT2D eigenvalue weighted by Crippen LogP contribution is 2.54. The van der Waals surface area contributed by atoms with Crippen molar-refractivity contribution in [2.24, 2.45) is 16.2 Å². The summed E-state index contributed by atoms with van der Waals surface area (Å²) < 4.78 is 0. The molecule has 1 heterocycles. The lowest BCUT2D eigenvalue weighted by Crippen LogP contribution is -2.40. The molecule has 2 aliphatic rings. The maximum absolute atomic E-state index is 2.65. The van der Waals surface area contributed by atoms with Crippen LogP contribution >= 0.6 is 0 Å². The number of rotatable bonds is 1. The standard InChI is InChI=1S/C21H41N/c1-19(2)11-6-7-13-20(3,14-8-12-19)21(4)15-9-17-22(5)18-10-16-21/h6-18H2,1-5H3. The van der Waals surface area contributed by atoms with Crippen LogP contribution in [0.3, 0.4) is 0 Å². The monoisotopic (exact) mass is 307 g/mol. The van der Waals surface area contributed by atoms with Gasteiger partial charge in [-0.1, -0.05) is 47.0 Å². The first-order chi connectivity index (χ1) is 10.3. The summed E-state index contributed by atoms with van der Waals surface area (Å²) in [4.78, 5) is 2.54. The molecule has 0 aromatic carbocycles. The Hall–Kier alpha value is -0.0400. The van der Waals surface area contributed by atoms with Crippen LogP contribution in [0.15, 0.2) is 0 Å². The largest absolute Gasteiger partial charge is 0.306 e. The molecule has 0 bridgehead atoms. The van der Waals surface area contributed by atoms with Crippen molar-refractivity contribution in [1.29, 1.82) is 0 Å². The summed E-state index contributed by atoms with van der Waals surface area (Å²) in [5.74, 6) is 0. The van der Waals surface area contributed by atoms with E-state index < -0.39 is 0 Å². The molecule has 0 aromatic heterocycles. The van der Waals surface area contributed by atoms with Gasteiger partial charge in [-0.05, 0) is 87.7 Å². The molecule has 130 valence electrons. The molecule has 2 rings (SSSR count). The summed E-state index contributed by atoms with van der Waals surface area (Å²) >= 11 is 0. The van der Waals surface area contributed by atoms with Crippen LogP contribution in [0, 0.1) is 16.2 Å². The Morgan fingerprint density at radius 3 is 1.55 bits per heavy atom. The van der Waals surface area contributed by atoms with E-state index in [4.69, 9.17) is 0 Å². The van der Waals surface area contributed by atoms with Crippen molar-refractivity contribution in [2.45, 2.75) is 98.3 Å². The number of hydrogen-bond donors (Lipinski definition) is 0. The van der Waals surface area contributed by atoms with Gasteiger partial charge in [0.05, 0.1) is 0 Å². The smallest absolute Gasteiger partial charge is 0.00216 e. The molecule has 1 nitrogen and oxygen atoms in total. The number of hydrogen-bond acceptors (Lipinski definition) is 1. The second-order valence-electron chi connectivity index (χ2n) is 9.86. The summed E-state index contributed by atoms with van der Waals surface area (Å²) in [6, 6.07) is 0. The van der Waals surface area contributed by atoms with Gasteiger partial charge in [-0.3, -0.25) is 0 Å². The first-order valence-electron chi connectivity index (χ1n) is 9.95. The van der Waals surface area contributed by atoms with Crippen molar-refractivity contribution in [3.63, 3.8) is 0 Å². The van der Waals surface area contributed by atoms with E-state index in [0.717, 1.165) is 0 Å². The molecular weight excluding hydrogens is 266 g/mol.